The summed E-state index contributed by atoms with van der Waals surface area (Å²) in [6.45, 7) is 0.643. The van der Waals surface area contributed by atoms with Crippen LogP contribution in [0.2, 0.25) is 10.0 Å². The molecule has 9 nitrogen and oxygen atoms in total. The number of Topliss-reactive ketones (excluding diaryl/α,β-unsaturated/α-hetero) is 1. The molecule has 0 aliphatic carbocycles. The number of nitrogens with zero attached hydrogens (tertiary/aromatic N) is 2. The smallest absolute Gasteiger partial charge is 0.308 e. The molecule has 11 heteroatoms. The number of nitro groups is 1. The first-order chi connectivity index (χ1) is 14.6. The summed E-state index contributed by atoms with van der Waals surface area (Å²) in [4.78, 5) is 60.2. The fourth-order valence-electron chi connectivity index (χ4n) is 2.97. The number of ether oxygens (including phenoxy) is 1. The molecular weight excluding hydrogens is 451 g/mol. The molecule has 0 saturated heterocycles. The van der Waals surface area contributed by atoms with Gasteiger partial charge in [-0.3, -0.25) is 34.2 Å². The fourth-order valence-corrected chi connectivity index (χ4v) is 3.30. The summed E-state index contributed by atoms with van der Waals surface area (Å²) in [6.07, 6.45) is -0.339. The predicted octanol–water partition coefficient (Wildman–Crippen LogP) is 3.62. The van der Waals surface area contributed by atoms with Gasteiger partial charge in [-0.15, -0.1) is 0 Å². The largest absolute Gasteiger partial charge is 0.457 e. The van der Waals surface area contributed by atoms with Crippen LogP contribution in [0.5, 0.6) is 0 Å². The Morgan fingerprint density at radius 2 is 1.65 bits per heavy atom. The molecule has 0 bridgehead atoms. The van der Waals surface area contributed by atoms with Crippen molar-refractivity contribution in [3.8, 4) is 0 Å². The lowest BCUT2D eigenvalue weighted by Gasteiger charge is -2.13. The van der Waals surface area contributed by atoms with Gasteiger partial charge in [-0.25, -0.2) is 0 Å². The van der Waals surface area contributed by atoms with Crippen molar-refractivity contribution >= 4 is 52.5 Å². The maximum atomic E-state index is 12.4. The Morgan fingerprint density at radius 3 is 2.19 bits per heavy atom. The Kier molecular flexibility index (Phi) is 6.37. The van der Waals surface area contributed by atoms with Gasteiger partial charge in [0.15, 0.2) is 6.61 Å². The highest BCUT2D eigenvalue weighted by atomic mass is 35.5. The van der Waals surface area contributed by atoms with Crippen LogP contribution in [0.4, 0.5) is 5.69 Å². The summed E-state index contributed by atoms with van der Waals surface area (Å²) < 4.78 is 4.88. The Labute approximate surface area is 185 Å². The Balaban J connectivity index is 1.57. The van der Waals surface area contributed by atoms with Gasteiger partial charge in [-0.1, -0.05) is 35.3 Å². The molecular formula is C20H14Cl2N2O7. The number of amides is 2. The maximum Gasteiger partial charge on any atom is 0.308 e. The van der Waals surface area contributed by atoms with Gasteiger partial charge in [0.2, 0.25) is 5.78 Å². The molecule has 1 heterocycles. The molecule has 1 aliphatic rings. The number of carbonyl (C=O) groups excluding carboxylic acids is 4. The third kappa shape index (κ3) is 4.57. The molecule has 0 saturated carbocycles. The molecule has 3 rings (SSSR count). The highest BCUT2D eigenvalue weighted by Crippen LogP contribution is 2.31. The van der Waals surface area contributed by atoms with Crippen LogP contribution in [0, 0.1) is 17.0 Å². The van der Waals surface area contributed by atoms with E-state index < -0.39 is 35.1 Å². The van der Waals surface area contributed by atoms with Crippen LogP contribution in [-0.4, -0.2) is 46.5 Å². The third-order valence-corrected chi connectivity index (χ3v) is 5.37. The number of fused-ring (bicyclic) bond motifs is 1. The Morgan fingerprint density at radius 1 is 1.06 bits per heavy atom. The van der Waals surface area contributed by atoms with Gasteiger partial charge in [-0.05, 0) is 19.1 Å². The van der Waals surface area contributed by atoms with E-state index in [1.54, 1.807) is 0 Å². The van der Waals surface area contributed by atoms with Crippen molar-refractivity contribution in [3.63, 3.8) is 0 Å². The normalized spacial score (nSPS) is 12.7. The average Bonchev–Trinajstić information content (AvgIpc) is 2.94. The number of nitro benzene ring substituents is 1. The van der Waals surface area contributed by atoms with Gasteiger partial charge in [0.05, 0.1) is 32.5 Å². The number of halogens is 2. The minimum absolute atomic E-state index is 0.0270. The van der Waals surface area contributed by atoms with Crippen molar-refractivity contribution in [1.29, 1.82) is 0 Å². The highest BCUT2D eigenvalue weighted by Gasteiger charge is 2.36. The molecule has 31 heavy (non-hydrogen) atoms. The monoisotopic (exact) mass is 464 g/mol. The van der Waals surface area contributed by atoms with E-state index in [0.717, 1.165) is 11.0 Å². The van der Waals surface area contributed by atoms with E-state index >= 15 is 0 Å². The SMILES string of the molecule is Cc1ccc(C(=O)COC(=O)CCN2C(=O)c3cc(Cl)c(Cl)cc3C2=O)cc1[N+](=O)[O-]. The Hall–Kier alpha value is -3.30. The van der Waals surface area contributed by atoms with Gasteiger partial charge in [-0.2, -0.15) is 0 Å². The number of aryl methyl sites for hydroxylation is 1. The first kappa shape index (κ1) is 22.4. The van der Waals surface area contributed by atoms with E-state index in [1.807, 2.05) is 0 Å². The van der Waals surface area contributed by atoms with Crippen LogP contribution >= 0.6 is 23.2 Å². The second-order valence-electron chi connectivity index (χ2n) is 6.67. The lowest BCUT2D eigenvalue weighted by Crippen LogP contribution is -2.32. The minimum atomic E-state index is -0.817. The molecule has 0 atom stereocenters. The molecule has 0 aromatic heterocycles. The highest BCUT2D eigenvalue weighted by molar-refractivity contribution is 6.43. The molecule has 0 fully saturated rings. The lowest BCUT2D eigenvalue weighted by molar-refractivity contribution is -0.385. The second-order valence-corrected chi connectivity index (χ2v) is 7.48. The number of carbonyl (C=O) groups is 4. The van der Waals surface area contributed by atoms with Gasteiger partial charge in [0, 0.05) is 23.7 Å². The molecule has 2 aromatic carbocycles. The number of rotatable bonds is 7. The van der Waals surface area contributed by atoms with E-state index in [9.17, 15) is 29.3 Å². The number of esters is 1. The van der Waals surface area contributed by atoms with Crippen molar-refractivity contribution in [2.45, 2.75) is 13.3 Å². The van der Waals surface area contributed by atoms with Crippen molar-refractivity contribution in [2.24, 2.45) is 0 Å². The summed E-state index contributed by atoms with van der Waals surface area (Å²) in [7, 11) is 0. The molecule has 0 radical (unpaired) electrons. The van der Waals surface area contributed by atoms with E-state index in [4.69, 9.17) is 27.9 Å². The second kappa shape index (κ2) is 8.83. The number of imide groups is 1. The summed E-state index contributed by atoms with van der Waals surface area (Å²) in [6, 6.07) is 6.51. The van der Waals surface area contributed by atoms with E-state index in [-0.39, 0.29) is 45.4 Å². The number of ketones is 1. The van der Waals surface area contributed by atoms with Crippen LogP contribution in [0.25, 0.3) is 0 Å². The first-order valence-electron chi connectivity index (χ1n) is 8.89. The molecule has 160 valence electrons. The maximum absolute atomic E-state index is 12.4. The molecule has 0 spiro atoms. The summed E-state index contributed by atoms with van der Waals surface area (Å²) >= 11 is 11.8. The van der Waals surface area contributed by atoms with E-state index in [0.29, 0.717) is 5.56 Å². The van der Waals surface area contributed by atoms with Gasteiger partial charge in [0.1, 0.15) is 0 Å². The van der Waals surface area contributed by atoms with Crippen LogP contribution < -0.4 is 0 Å². The van der Waals surface area contributed by atoms with Crippen LogP contribution in [0.3, 0.4) is 0 Å². The number of hydrogen-bond donors (Lipinski definition) is 0. The average molecular weight is 465 g/mol. The predicted molar refractivity (Wildman–Crippen MR) is 110 cm³/mol. The van der Waals surface area contributed by atoms with Crippen LogP contribution in [-0.2, 0) is 9.53 Å². The Bertz CT molecular complexity index is 1110. The fraction of sp³-hybridized carbons (Fsp3) is 0.200. The third-order valence-electron chi connectivity index (χ3n) is 4.64. The number of benzene rings is 2. The zero-order valence-corrected chi connectivity index (χ0v) is 17.5. The quantitative estimate of drug-likeness (QED) is 0.201. The lowest BCUT2D eigenvalue weighted by atomic mass is 10.1. The zero-order chi connectivity index (χ0) is 22.9. The van der Waals surface area contributed by atoms with E-state index in [2.05, 4.69) is 0 Å². The molecule has 0 N–H and O–H groups in total. The zero-order valence-electron chi connectivity index (χ0n) is 16.0. The minimum Gasteiger partial charge on any atom is -0.457 e. The molecule has 1 aliphatic heterocycles. The van der Waals surface area contributed by atoms with Crippen molar-refractivity contribution in [2.75, 3.05) is 13.2 Å². The molecule has 0 unspecified atom stereocenters. The van der Waals surface area contributed by atoms with Crippen molar-refractivity contribution in [3.05, 3.63) is 72.7 Å². The van der Waals surface area contributed by atoms with Gasteiger partial charge >= 0.3 is 5.97 Å². The summed E-state index contributed by atoms with van der Waals surface area (Å²) in [5.41, 5.74) is 0.372. The topological polar surface area (TPSA) is 124 Å². The van der Waals surface area contributed by atoms with Crippen LogP contribution in [0.15, 0.2) is 30.3 Å². The summed E-state index contributed by atoms with van der Waals surface area (Å²) in [5, 5.41) is 11.2. The number of hydrogen-bond acceptors (Lipinski definition) is 7. The van der Waals surface area contributed by atoms with E-state index in [1.165, 1.54) is 31.2 Å². The first-order valence-corrected chi connectivity index (χ1v) is 9.65. The van der Waals surface area contributed by atoms with Crippen LogP contribution in [0.1, 0.15) is 43.1 Å². The standard InChI is InChI=1S/C20H14Cl2N2O7/c1-10-2-3-11(6-16(10)24(29)30)17(25)9-31-18(26)4-5-23-19(27)12-7-14(21)15(22)8-13(12)20(23)28/h2-3,6-8H,4-5,9H2,1H3. The molecule has 2 amide bonds. The summed E-state index contributed by atoms with van der Waals surface area (Å²) in [5.74, 6) is -2.67. The van der Waals surface area contributed by atoms with Crippen molar-refractivity contribution < 1.29 is 28.8 Å². The van der Waals surface area contributed by atoms with Gasteiger partial charge in [0.25, 0.3) is 17.5 Å². The molecule has 2 aromatic rings. The van der Waals surface area contributed by atoms with Crippen molar-refractivity contribution in [1.82, 2.24) is 4.90 Å². The van der Waals surface area contributed by atoms with Gasteiger partial charge < -0.3 is 4.74 Å².